The van der Waals surface area contributed by atoms with Crippen molar-refractivity contribution in [3.8, 4) is 0 Å². The second-order valence-corrected chi connectivity index (χ2v) is 9.07. The van der Waals surface area contributed by atoms with Crippen molar-refractivity contribution in [1.29, 1.82) is 0 Å². The smallest absolute Gasteiger partial charge is 0.0535 e. The van der Waals surface area contributed by atoms with E-state index in [-0.39, 0.29) is 5.54 Å². The average Bonchev–Trinajstić information content (AvgIpc) is 2.82. The number of rotatable bonds is 3. The Bertz CT molecular complexity index is 488. The molecule has 1 aromatic rings. The van der Waals surface area contributed by atoms with Gasteiger partial charge in [0.1, 0.15) is 0 Å². The van der Waals surface area contributed by atoms with E-state index in [2.05, 4.69) is 42.5 Å². The minimum atomic E-state index is 0.163. The summed E-state index contributed by atoms with van der Waals surface area (Å²) in [4.78, 5) is 0. The molecule has 4 aliphatic rings. The summed E-state index contributed by atoms with van der Waals surface area (Å²) in [5, 5.41) is 11.5. The van der Waals surface area contributed by atoms with Crippen molar-refractivity contribution in [1.82, 2.24) is 15.5 Å². The van der Waals surface area contributed by atoms with Gasteiger partial charge in [-0.3, -0.25) is 5.10 Å². The number of aromatic amines is 1. The van der Waals surface area contributed by atoms with E-state index in [1.807, 2.05) is 0 Å². The summed E-state index contributed by atoms with van der Waals surface area (Å²) >= 11 is 0. The Kier molecular flexibility index (Phi) is 3.01. The summed E-state index contributed by atoms with van der Waals surface area (Å²) in [6.45, 7) is 7.64. The highest BCUT2D eigenvalue weighted by molar-refractivity contribution is 5.29. The first-order chi connectivity index (χ1) is 9.94. The van der Waals surface area contributed by atoms with E-state index < -0.39 is 0 Å². The Hall–Kier alpha value is -0.830. The molecular formula is C18H29N3. The third kappa shape index (κ3) is 2.44. The van der Waals surface area contributed by atoms with E-state index in [1.54, 1.807) is 0 Å². The lowest BCUT2D eigenvalue weighted by Crippen LogP contribution is -2.49. The molecule has 4 bridgehead atoms. The molecule has 5 rings (SSSR count). The van der Waals surface area contributed by atoms with Crippen LogP contribution in [0.25, 0.3) is 0 Å². The highest BCUT2D eigenvalue weighted by Gasteiger charge is 2.52. The summed E-state index contributed by atoms with van der Waals surface area (Å²) in [6, 6.07) is 0. The van der Waals surface area contributed by atoms with Crippen LogP contribution in [-0.4, -0.2) is 15.7 Å². The van der Waals surface area contributed by atoms with Gasteiger partial charge in [0.2, 0.25) is 0 Å². The highest BCUT2D eigenvalue weighted by atomic mass is 15.1. The third-order valence-electron chi connectivity index (χ3n) is 6.10. The molecule has 3 heteroatoms. The van der Waals surface area contributed by atoms with Crippen LogP contribution in [0.15, 0.2) is 6.20 Å². The van der Waals surface area contributed by atoms with Gasteiger partial charge >= 0.3 is 0 Å². The van der Waals surface area contributed by atoms with Crippen molar-refractivity contribution in [3.05, 3.63) is 17.5 Å². The SMILES string of the molecule is CC(C)(C)NCc1cn[nH]c1C12CC3CC(CC(C3)C1)C2. The Morgan fingerprint density at radius 2 is 1.71 bits per heavy atom. The molecule has 3 nitrogen and oxygen atoms in total. The first kappa shape index (κ1) is 13.8. The van der Waals surface area contributed by atoms with Crippen LogP contribution in [0.3, 0.4) is 0 Å². The van der Waals surface area contributed by atoms with Gasteiger partial charge in [-0.05, 0) is 77.0 Å². The average molecular weight is 287 g/mol. The zero-order valence-corrected chi connectivity index (χ0v) is 13.7. The molecule has 4 aliphatic carbocycles. The van der Waals surface area contributed by atoms with Gasteiger partial charge in [-0.2, -0.15) is 5.10 Å². The van der Waals surface area contributed by atoms with Crippen molar-refractivity contribution < 1.29 is 0 Å². The molecule has 0 saturated heterocycles. The number of aromatic nitrogens is 2. The lowest BCUT2D eigenvalue weighted by molar-refractivity contribution is -0.00768. The van der Waals surface area contributed by atoms with Crippen LogP contribution >= 0.6 is 0 Å². The Morgan fingerprint density at radius 3 is 2.24 bits per heavy atom. The summed E-state index contributed by atoms with van der Waals surface area (Å²) in [5.41, 5.74) is 3.47. The Balaban J connectivity index is 1.60. The van der Waals surface area contributed by atoms with Crippen molar-refractivity contribution >= 4 is 0 Å². The Labute approximate surface area is 128 Å². The number of hydrogen-bond acceptors (Lipinski definition) is 2. The molecular weight excluding hydrogens is 258 g/mol. The molecule has 0 aromatic carbocycles. The van der Waals surface area contributed by atoms with Gasteiger partial charge in [0.25, 0.3) is 0 Å². The van der Waals surface area contributed by atoms with E-state index in [9.17, 15) is 0 Å². The van der Waals surface area contributed by atoms with Gasteiger partial charge in [0, 0.05) is 28.8 Å². The monoisotopic (exact) mass is 287 g/mol. The molecule has 4 fully saturated rings. The molecule has 0 amide bonds. The second-order valence-electron chi connectivity index (χ2n) is 9.07. The zero-order chi connectivity index (χ0) is 14.7. The maximum absolute atomic E-state index is 4.41. The van der Waals surface area contributed by atoms with Crippen LogP contribution in [0.4, 0.5) is 0 Å². The number of nitrogens with one attached hydrogen (secondary N) is 2. The molecule has 116 valence electrons. The van der Waals surface area contributed by atoms with Gasteiger partial charge < -0.3 is 5.32 Å². The van der Waals surface area contributed by atoms with Gasteiger partial charge in [0.05, 0.1) is 6.20 Å². The largest absolute Gasteiger partial charge is 0.308 e. The summed E-state index contributed by atoms with van der Waals surface area (Å²) in [6.07, 6.45) is 10.8. The lowest BCUT2D eigenvalue weighted by atomic mass is 9.48. The van der Waals surface area contributed by atoms with E-state index in [0.717, 1.165) is 24.3 Å². The number of nitrogens with zero attached hydrogens (tertiary/aromatic N) is 1. The molecule has 0 unspecified atom stereocenters. The minimum Gasteiger partial charge on any atom is -0.308 e. The van der Waals surface area contributed by atoms with Crippen molar-refractivity contribution in [2.24, 2.45) is 17.8 Å². The van der Waals surface area contributed by atoms with Crippen molar-refractivity contribution in [3.63, 3.8) is 0 Å². The van der Waals surface area contributed by atoms with Gasteiger partial charge in [-0.1, -0.05) is 0 Å². The third-order valence-corrected chi connectivity index (χ3v) is 6.10. The molecule has 1 heterocycles. The maximum atomic E-state index is 4.41. The standard InChI is InChI=1S/C18H29N3/c1-17(2,3)19-10-15-11-20-21-16(15)18-7-12-4-13(8-18)6-14(5-12)9-18/h11-14,19H,4-10H2,1-3H3,(H,20,21). The number of hydrogen-bond donors (Lipinski definition) is 2. The van der Waals surface area contributed by atoms with Gasteiger partial charge in [-0.25, -0.2) is 0 Å². The second kappa shape index (κ2) is 4.58. The van der Waals surface area contributed by atoms with Gasteiger partial charge in [0.15, 0.2) is 0 Å². The molecule has 0 radical (unpaired) electrons. The topological polar surface area (TPSA) is 40.7 Å². The van der Waals surface area contributed by atoms with Gasteiger partial charge in [-0.15, -0.1) is 0 Å². The summed E-state index contributed by atoms with van der Waals surface area (Å²) in [5.74, 6) is 2.97. The molecule has 21 heavy (non-hydrogen) atoms. The molecule has 2 N–H and O–H groups in total. The predicted octanol–water partition coefficient (Wildman–Crippen LogP) is 3.77. The van der Waals surface area contributed by atoms with Crippen molar-refractivity contribution in [2.45, 2.75) is 76.8 Å². The fourth-order valence-corrected chi connectivity index (χ4v) is 5.68. The zero-order valence-electron chi connectivity index (χ0n) is 13.7. The Morgan fingerprint density at radius 1 is 1.14 bits per heavy atom. The maximum Gasteiger partial charge on any atom is 0.0535 e. The first-order valence-electron chi connectivity index (χ1n) is 8.71. The number of H-pyrrole nitrogens is 1. The molecule has 1 aromatic heterocycles. The highest BCUT2D eigenvalue weighted by Crippen LogP contribution is 2.60. The van der Waals surface area contributed by atoms with Crippen molar-refractivity contribution in [2.75, 3.05) is 0 Å². The summed E-state index contributed by atoms with van der Waals surface area (Å²) in [7, 11) is 0. The molecule has 4 saturated carbocycles. The summed E-state index contributed by atoms with van der Waals surface area (Å²) < 4.78 is 0. The predicted molar refractivity (Wildman–Crippen MR) is 85.0 cm³/mol. The van der Waals surface area contributed by atoms with Crippen LogP contribution < -0.4 is 5.32 Å². The van der Waals surface area contributed by atoms with Crippen LogP contribution in [0.5, 0.6) is 0 Å². The molecule has 0 atom stereocenters. The van der Waals surface area contributed by atoms with Crippen LogP contribution in [0.2, 0.25) is 0 Å². The normalized spacial score (nSPS) is 38.1. The van der Waals surface area contributed by atoms with Crippen LogP contribution in [0, 0.1) is 17.8 Å². The minimum absolute atomic E-state index is 0.163. The van der Waals surface area contributed by atoms with Crippen LogP contribution in [0.1, 0.15) is 70.6 Å². The fourth-order valence-electron chi connectivity index (χ4n) is 5.68. The van der Waals surface area contributed by atoms with E-state index in [4.69, 9.17) is 0 Å². The molecule has 0 spiro atoms. The van der Waals surface area contributed by atoms with E-state index in [0.29, 0.717) is 5.41 Å². The van der Waals surface area contributed by atoms with E-state index in [1.165, 1.54) is 49.8 Å². The molecule has 0 aliphatic heterocycles. The first-order valence-corrected chi connectivity index (χ1v) is 8.71. The van der Waals surface area contributed by atoms with E-state index >= 15 is 0 Å². The lowest BCUT2D eigenvalue weighted by Gasteiger charge is -2.56. The quantitative estimate of drug-likeness (QED) is 0.888. The fraction of sp³-hybridized carbons (Fsp3) is 0.833. The van der Waals surface area contributed by atoms with Crippen LogP contribution in [-0.2, 0) is 12.0 Å².